The van der Waals surface area contributed by atoms with Gasteiger partial charge in [0.2, 0.25) is 0 Å². The van der Waals surface area contributed by atoms with E-state index in [1.807, 2.05) is 0 Å². The summed E-state index contributed by atoms with van der Waals surface area (Å²) in [6, 6.07) is 3.08. The van der Waals surface area contributed by atoms with Gasteiger partial charge in [-0.2, -0.15) is 0 Å². The summed E-state index contributed by atoms with van der Waals surface area (Å²) < 4.78 is 56.9. The summed E-state index contributed by atoms with van der Waals surface area (Å²) in [6.45, 7) is 4.70. The lowest BCUT2D eigenvalue weighted by Gasteiger charge is -2.20. The van der Waals surface area contributed by atoms with Crippen molar-refractivity contribution in [2.75, 3.05) is 0 Å². The number of aromatic nitrogens is 1. The first kappa shape index (κ1) is 22.3. The Morgan fingerprint density at radius 2 is 1.71 bits per heavy atom. The zero-order valence-corrected chi connectivity index (χ0v) is 16.8. The molecule has 1 unspecified atom stereocenters. The zero-order chi connectivity index (χ0) is 23.2. The van der Waals surface area contributed by atoms with E-state index in [0.29, 0.717) is 18.6 Å². The van der Waals surface area contributed by atoms with Crippen molar-refractivity contribution in [1.29, 1.82) is 0 Å². The van der Waals surface area contributed by atoms with E-state index in [4.69, 9.17) is 0 Å². The van der Waals surface area contributed by atoms with E-state index in [1.54, 1.807) is 13.8 Å². The molecule has 0 bridgehead atoms. The summed E-state index contributed by atoms with van der Waals surface area (Å²) in [7, 11) is 0. The molecule has 2 aromatic carbocycles. The van der Waals surface area contributed by atoms with Crippen molar-refractivity contribution >= 4 is 22.8 Å². The smallest absolute Gasteiger partial charge is 0.311 e. The van der Waals surface area contributed by atoms with Gasteiger partial charge in [0.25, 0.3) is 5.91 Å². The van der Waals surface area contributed by atoms with Crippen LogP contribution in [0.4, 0.5) is 17.6 Å². The molecule has 1 aromatic heterocycles. The molecule has 2 N–H and O–H groups in total. The molecule has 9 heteroatoms. The maximum atomic E-state index is 15.0. The van der Waals surface area contributed by atoms with Gasteiger partial charge in [-0.05, 0) is 36.6 Å². The fraction of sp³-hybridized carbons (Fsp3) is 0.273. The Hall–Kier alpha value is -3.36. The predicted octanol–water partition coefficient (Wildman–Crippen LogP) is 5.11. The van der Waals surface area contributed by atoms with E-state index in [1.165, 1.54) is 6.92 Å². The molecule has 0 amide bonds. The lowest BCUT2D eigenvalue weighted by Crippen LogP contribution is -2.21. The van der Waals surface area contributed by atoms with E-state index in [-0.39, 0.29) is 22.3 Å². The normalized spacial score (nSPS) is 13.4. The predicted molar refractivity (Wildman–Crippen MR) is 104 cm³/mol. The quantitative estimate of drug-likeness (QED) is 0.544. The lowest BCUT2D eigenvalue weighted by molar-refractivity contribution is -0.140. The Balaban J connectivity index is 2.42. The number of aromatic hydroxyl groups is 1. The van der Waals surface area contributed by atoms with Crippen molar-refractivity contribution in [3.05, 3.63) is 64.4 Å². The molecule has 0 fully saturated rings. The summed E-state index contributed by atoms with van der Waals surface area (Å²) in [5, 5.41) is 19.2. The second-order valence-corrected chi connectivity index (χ2v) is 7.39. The van der Waals surface area contributed by atoms with Gasteiger partial charge < -0.3 is 10.2 Å². The maximum Gasteiger partial charge on any atom is 0.311 e. The first-order valence-electron chi connectivity index (χ1n) is 9.45. The third kappa shape index (κ3) is 3.54. The topological polar surface area (TPSA) is 79.5 Å². The third-order valence-corrected chi connectivity index (χ3v) is 5.57. The lowest BCUT2D eigenvalue weighted by atomic mass is 9.84. The van der Waals surface area contributed by atoms with Gasteiger partial charge in [-0.25, -0.2) is 17.6 Å². The molecule has 0 aliphatic carbocycles. The number of hydrogen-bond acceptors (Lipinski definition) is 3. The minimum atomic E-state index is -1.40. The molecule has 0 aliphatic rings. The Labute approximate surface area is 174 Å². The van der Waals surface area contributed by atoms with Gasteiger partial charge in [0.15, 0.2) is 29.0 Å². The SMILES string of the molecule is CC[C@@H](C)C(C(=O)O)c1c(C)n(C(=O)c2ccc(F)c(F)c2)c2cc(F)c(O)c(F)c12. The molecule has 1 heterocycles. The van der Waals surface area contributed by atoms with Crippen LogP contribution >= 0.6 is 0 Å². The molecule has 31 heavy (non-hydrogen) atoms. The van der Waals surface area contributed by atoms with Crippen LogP contribution in [0.5, 0.6) is 5.75 Å². The van der Waals surface area contributed by atoms with Crippen molar-refractivity contribution in [2.24, 2.45) is 5.92 Å². The van der Waals surface area contributed by atoms with Gasteiger partial charge in [0.05, 0.1) is 11.4 Å². The molecule has 164 valence electrons. The van der Waals surface area contributed by atoms with Crippen molar-refractivity contribution < 1.29 is 37.4 Å². The molecule has 0 aliphatic heterocycles. The van der Waals surface area contributed by atoms with Crippen LogP contribution in [0.2, 0.25) is 0 Å². The van der Waals surface area contributed by atoms with Crippen LogP contribution in [0.25, 0.3) is 10.9 Å². The number of hydrogen-bond donors (Lipinski definition) is 2. The highest BCUT2D eigenvalue weighted by molar-refractivity contribution is 6.05. The average molecular weight is 437 g/mol. The summed E-state index contributed by atoms with van der Waals surface area (Å²) in [5.74, 6) is -10.5. The molecular formula is C22H19F4NO4. The monoisotopic (exact) mass is 437 g/mol. The van der Waals surface area contributed by atoms with Crippen molar-refractivity contribution in [2.45, 2.75) is 33.1 Å². The Kier molecular flexibility index (Phi) is 5.80. The Morgan fingerprint density at radius 1 is 1.06 bits per heavy atom. The van der Waals surface area contributed by atoms with E-state index in [2.05, 4.69) is 0 Å². The highest BCUT2D eigenvalue weighted by Crippen LogP contribution is 2.41. The number of carboxylic acids is 1. The van der Waals surface area contributed by atoms with Gasteiger partial charge in [0.1, 0.15) is 0 Å². The van der Waals surface area contributed by atoms with Gasteiger partial charge in [-0.1, -0.05) is 20.3 Å². The van der Waals surface area contributed by atoms with Crippen LogP contribution in [0.3, 0.4) is 0 Å². The van der Waals surface area contributed by atoms with E-state index < -0.39 is 58.1 Å². The number of fused-ring (bicyclic) bond motifs is 1. The summed E-state index contributed by atoms with van der Waals surface area (Å²) >= 11 is 0. The maximum absolute atomic E-state index is 15.0. The minimum absolute atomic E-state index is 0.0127. The molecule has 5 nitrogen and oxygen atoms in total. The first-order valence-corrected chi connectivity index (χ1v) is 9.45. The standard InChI is InChI=1S/C22H19F4NO4/c1-4-9(2)16(22(30)31)17-10(3)27(15-8-14(25)20(28)19(26)18(15)17)21(29)11-5-6-12(23)13(24)7-11/h5-9,16,28H,4H2,1-3H3,(H,30,31)/t9-,16?/m1/s1. The van der Waals surface area contributed by atoms with E-state index in [9.17, 15) is 37.4 Å². The third-order valence-electron chi connectivity index (χ3n) is 5.57. The number of carbonyl (C=O) groups is 2. The van der Waals surface area contributed by atoms with Crippen LogP contribution in [-0.2, 0) is 4.79 Å². The summed E-state index contributed by atoms with van der Waals surface area (Å²) in [5.41, 5.74) is -0.749. The fourth-order valence-corrected chi connectivity index (χ4v) is 3.80. The molecule has 0 spiro atoms. The van der Waals surface area contributed by atoms with Gasteiger partial charge >= 0.3 is 5.97 Å². The number of carboxylic acid groups (broad SMARTS) is 1. The largest absolute Gasteiger partial charge is 0.503 e. The number of aliphatic carboxylic acids is 1. The van der Waals surface area contributed by atoms with Crippen LogP contribution in [0.1, 0.15) is 47.8 Å². The second kappa shape index (κ2) is 8.05. The summed E-state index contributed by atoms with van der Waals surface area (Å²) in [4.78, 5) is 25.2. The average Bonchev–Trinajstić information content (AvgIpc) is 2.99. The van der Waals surface area contributed by atoms with Gasteiger partial charge in [0, 0.05) is 22.7 Å². The molecule has 3 rings (SSSR count). The number of phenolic OH excluding ortho intramolecular Hbond substituents is 1. The van der Waals surface area contributed by atoms with Crippen molar-refractivity contribution in [1.82, 2.24) is 4.57 Å². The first-order chi connectivity index (χ1) is 14.5. The van der Waals surface area contributed by atoms with E-state index >= 15 is 0 Å². The van der Waals surface area contributed by atoms with Crippen molar-refractivity contribution in [3.8, 4) is 5.75 Å². The molecule has 0 saturated carbocycles. The number of halogens is 4. The molecule has 0 radical (unpaired) electrons. The van der Waals surface area contributed by atoms with Gasteiger partial charge in [-0.3, -0.25) is 14.2 Å². The van der Waals surface area contributed by atoms with Crippen LogP contribution in [-0.4, -0.2) is 26.7 Å². The van der Waals surface area contributed by atoms with Gasteiger partial charge in [-0.15, -0.1) is 0 Å². The molecule has 3 aromatic rings. The minimum Gasteiger partial charge on any atom is -0.503 e. The Morgan fingerprint density at radius 3 is 2.26 bits per heavy atom. The zero-order valence-electron chi connectivity index (χ0n) is 16.8. The molecule has 0 saturated heterocycles. The Bertz CT molecular complexity index is 1220. The highest BCUT2D eigenvalue weighted by Gasteiger charge is 2.35. The highest BCUT2D eigenvalue weighted by atomic mass is 19.2. The fourth-order valence-electron chi connectivity index (χ4n) is 3.80. The van der Waals surface area contributed by atoms with Crippen LogP contribution in [0, 0.1) is 36.1 Å². The summed E-state index contributed by atoms with van der Waals surface area (Å²) in [6.07, 6.45) is 0.398. The number of benzene rings is 2. The van der Waals surface area contributed by atoms with Crippen LogP contribution in [0.15, 0.2) is 24.3 Å². The van der Waals surface area contributed by atoms with E-state index in [0.717, 1.165) is 16.7 Å². The second-order valence-electron chi connectivity index (χ2n) is 7.39. The van der Waals surface area contributed by atoms with Crippen LogP contribution < -0.4 is 0 Å². The number of rotatable bonds is 5. The number of phenols is 1. The van der Waals surface area contributed by atoms with Crippen molar-refractivity contribution in [3.63, 3.8) is 0 Å². The number of nitrogens with zero attached hydrogens (tertiary/aromatic N) is 1. The molecular weight excluding hydrogens is 418 g/mol. The number of carbonyl (C=O) groups excluding carboxylic acids is 1. The molecule has 2 atom stereocenters.